The van der Waals surface area contributed by atoms with Crippen molar-refractivity contribution < 1.29 is 19.1 Å². The van der Waals surface area contributed by atoms with Crippen molar-refractivity contribution in [3.05, 3.63) is 59.7 Å². The molecule has 2 aromatic carbocycles. The molecule has 0 bridgehead atoms. The van der Waals surface area contributed by atoms with Gasteiger partial charge in [-0.2, -0.15) is 0 Å². The van der Waals surface area contributed by atoms with Crippen LogP contribution in [0.2, 0.25) is 0 Å². The zero-order chi connectivity index (χ0) is 23.8. The number of carbonyl (C=O) groups excluding carboxylic acids is 3. The van der Waals surface area contributed by atoms with Crippen LogP contribution < -0.4 is 15.0 Å². The molecule has 1 N–H and O–H groups in total. The van der Waals surface area contributed by atoms with Crippen molar-refractivity contribution >= 4 is 23.4 Å². The van der Waals surface area contributed by atoms with Crippen LogP contribution in [-0.2, 0) is 9.59 Å². The van der Waals surface area contributed by atoms with E-state index in [-0.39, 0.29) is 42.6 Å². The number of methoxy groups -OCH3 is 1. The summed E-state index contributed by atoms with van der Waals surface area (Å²) in [4.78, 5) is 42.4. The summed E-state index contributed by atoms with van der Waals surface area (Å²) >= 11 is 0. The van der Waals surface area contributed by atoms with Crippen molar-refractivity contribution in [2.75, 3.05) is 18.6 Å². The fraction of sp³-hybridized carbons (Fsp3) is 0.423. The molecule has 0 saturated carbocycles. The van der Waals surface area contributed by atoms with E-state index < -0.39 is 5.66 Å². The topological polar surface area (TPSA) is 79.0 Å². The maximum absolute atomic E-state index is 13.3. The quantitative estimate of drug-likeness (QED) is 0.695. The van der Waals surface area contributed by atoms with Crippen molar-refractivity contribution in [2.24, 2.45) is 5.92 Å². The first kappa shape index (κ1) is 22.8. The van der Waals surface area contributed by atoms with Crippen LogP contribution in [-0.4, -0.2) is 41.9 Å². The van der Waals surface area contributed by atoms with Crippen LogP contribution in [0.15, 0.2) is 48.5 Å². The molecule has 0 aromatic heterocycles. The molecule has 1 saturated heterocycles. The predicted octanol–water partition coefficient (Wildman–Crippen LogP) is 3.90. The van der Waals surface area contributed by atoms with Gasteiger partial charge in [-0.05, 0) is 49.1 Å². The fourth-order valence-electron chi connectivity index (χ4n) is 4.95. The van der Waals surface area contributed by atoms with Crippen LogP contribution in [0.3, 0.4) is 0 Å². The monoisotopic (exact) mass is 449 g/mol. The highest BCUT2D eigenvalue weighted by Crippen LogP contribution is 2.44. The lowest BCUT2D eigenvalue weighted by atomic mass is 9.95. The number of para-hydroxylation sites is 1. The largest absolute Gasteiger partial charge is 0.497 e. The molecule has 0 radical (unpaired) electrons. The van der Waals surface area contributed by atoms with E-state index in [1.165, 1.54) is 0 Å². The number of anilines is 1. The van der Waals surface area contributed by atoms with Gasteiger partial charge in [0.05, 0.1) is 24.4 Å². The Kier molecular flexibility index (Phi) is 6.15. The molecular weight excluding hydrogens is 418 g/mol. The molecule has 0 aliphatic carbocycles. The first-order chi connectivity index (χ1) is 15.8. The summed E-state index contributed by atoms with van der Waals surface area (Å²) in [6, 6.07) is 14.7. The molecule has 3 amide bonds. The molecule has 2 aromatic rings. The van der Waals surface area contributed by atoms with E-state index in [1.807, 2.05) is 43.3 Å². The number of nitrogens with zero attached hydrogens (tertiary/aromatic N) is 2. The molecule has 7 heteroatoms. The lowest BCUT2D eigenvalue weighted by Gasteiger charge is -2.48. The number of amides is 3. The number of hydrogen-bond acceptors (Lipinski definition) is 4. The van der Waals surface area contributed by atoms with Gasteiger partial charge in [-0.3, -0.25) is 19.3 Å². The number of fused-ring (bicyclic) bond motifs is 3. The van der Waals surface area contributed by atoms with E-state index in [0.717, 1.165) is 11.3 Å². The number of benzene rings is 2. The molecule has 174 valence electrons. The van der Waals surface area contributed by atoms with E-state index in [9.17, 15) is 14.4 Å². The number of carbonyl (C=O) groups is 3. The average Bonchev–Trinajstić information content (AvgIpc) is 3.12. The number of hydrogen-bond donors (Lipinski definition) is 1. The standard InChI is InChI=1S/C26H31N3O4/c1-17(2)24(18-9-11-19(33-4)12-10-18)27-22(30)14-16-28-25(32)20-7-5-6-8-21(20)29-23(31)13-15-26(28,29)3/h5-12,17,24H,13-16H2,1-4H3,(H,27,30). The van der Waals surface area contributed by atoms with Crippen LogP contribution in [0.25, 0.3) is 0 Å². The van der Waals surface area contributed by atoms with Crippen molar-refractivity contribution in [3.63, 3.8) is 0 Å². The van der Waals surface area contributed by atoms with Gasteiger partial charge < -0.3 is 15.0 Å². The van der Waals surface area contributed by atoms with E-state index in [1.54, 1.807) is 29.0 Å². The molecule has 2 heterocycles. The second kappa shape index (κ2) is 8.89. The highest BCUT2D eigenvalue weighted by atomic mass is 16.5. The van der Waals surface area contributed by atoms with Gasteiger partial charge in [0, 0.05) is 19.4 Å². The Morgan fingerprint density at radius 1 is 1.12 bits per heavy atom. The minimum atomic E-state index is -0.754. The molecule has 0 spiro atoms. The normalized spacial score (nSPS) is 20.5. The maximum atomic E-state index is 13.3. The van der Waals surface area contributed by atoms with Crippen molar-refractivity contribution in [3.8, 4) is 5.75 Å². The first-order valence-corrected chi connectivity index (χ1v) is 11.4. The number of nitrogens with one attached hydrogen (secondary N) is 1. The summed E-state index contributed by atoms with van der Waals surface area (Å²) in [6.45, 7) is 6.28. The molecular formula is C26H31N3O4. The third-order valence-electron chi connectivity index (χ3n) is 6.77. The van der Waals surface area contributed by atoms with Crippen molar-refractivity contribution in [1.82, 2.24) is 10.2 Å². The second-order valence-corrected chi connectivity index (χ2v) is 9.23. The minimum Gasteiger partial charge on any atom is -0.497 e. The molecule has 2 aliphatic heterocycles. The molecule has 2 aliphatic rings. The number of rotatable bonds is 7. The van der Waals surface area contributed by atoms with E-state index >= 15 is 0 Å². The third kappa shape index (κ3) is 4.08. The Bertz CT molecular complexity index is 1070. The van der Waals surface area contributed by atoms with E-state index in [4.69, 9.17) is 4.74 Å². The summed E-state index contributed by atoms with van der Waals surface area (Å²) in [7, 11) is 1.62. The Morgan fingerprint density at radius 3 is 2.48 bits per heavy atom. The molecule has 7 nitrogen and oxygen atoms in total. The Balaban J connectivity index is 1.50. The van der Waals surface area contributed by atoms with Crippen LogP contribution in [0.4, 0.5) is 5.69 Å². The van der Waals surface area contributed by atoms with Gasteiger partial charge in [-0.25, -0.2) is 0 Å². The second-order valence-electron chi connectivity index (χ2n) is 9.23. The summed E-state index contributed by atoms with van der Waals surface area (Å²) in [5.41, 5.74) is 1.41. The highest BCUT2D eigenvalue weighted by Gasteiger charge is 2.52. The predicted molar refractivity (Wildman–Crippen MR) is 126 cm³/mol. The zero-order valence-electron chi connectivity index (χ0n) is 19.6. The smallest absolute Gasteiger partial charge is 0.257 e. The van der Waals surface area contributed by atoms with Gasteiger partial charge in [0.1, 0.15) is 11.4 Å². The number of ether oxygens (including phenoxy) is 1. The summed E-state index contributed by atoms with van der Waals surface area (Å²) in [5.74, 6) is 0.691. The summed E-state index contributed by atoms with van der Waals surface area (Å²) < 4.78 is 5.23. The van der Waals surface area contributed by atoms with Gasteiger partial charge in [0.15, 0.2) is 0 Å². The van der Waals surface area contributed by atoms with Gasteiger partial charge in [-0.15, -0.1) is 0 Å². The van der Waals surface area contributed by atoms with Crippen molar-refractivity contribution in [1.29, 1.82) is 0 Å². The van der Waals surface area contributed by atoms with E-state index in [2.05, 4.69) is 19.2 Å². The fourth-order valence-corrected chi connectivity index (χ4v) is 4.95. The Morgan fingerprint density at radius 2 is 1.82 bits per heavy atom. The van der Waals surface area contributed by atoms with Gasteiger partial charge in [0.2, 0.25) is 11.8 Å². The lowest BCUT2D eigenvalue weighted by molar-refractivity contribution is -0.122. The Labute approximate surface area is 194 Å². The Hall–Kier alpha value is -3.35. The van der Waals surface area contributed by atoms with Crippen LogP contribution >= 0.6 is 0 Å². The molecule has 1 fully saturated rings. The minimum absolute atomic E-state index is 0.00581. The average molecular weight is 450 g/mol. The molecule has 33 heavy (non-hydrogen) atoms. The molecule has 2 unspecified atom stereocenters. The maximum Gasteiger partial charge on any atom is 0.257 e. The highest BCUT2D eigenvalue weighted by molar-refractivity contribution is 6.10. The van der Waals surface area contributed by atoms with Crippen LogP contribution in [0.5, 0.6) is 5.75 Å². The van der Waals surface area contributed by atoms with Crippen molar-refractivity contribution in [2.45, 2.75) is 51.7 Å². The molecule has 4 rings (SSSR count). The SMILES string of the molecule is COc1ccc(C(NC(=O)CCN2C(=O)c3ccccc3N3C(=O)CCC23C)C(C)C)cc1. The van der Waals surface area contributed by atoms with Gasteiger partial charge in [-0.1, -0.05) is 38.1 Å². The van der Waals surface area contributed by atoms with Crippen LogP contribution in [0, 0.1) is 5.92 Å². The summed E-state index contributed by atoms with van der Waals surface area (Å²) in [5, 5.41) is 3.13. The van der Waals surface area contributed by atoms with Gasteiger partial charge in [0.25, 0.3) is 5.91 Å². The molecule has 2 atom stereocenters. The lowest BCUT2D eigenvalue weighted by Crippen LogP contribution is -2.62. The zero-order valence-corrected chi connectivity index (χ0v) is 19.6. The van der Waals surface area contributed by atoms with E-state index in [0.29, 0.717) is 24.1 Å². The summed E-state index contributed by atoms with van der Waals surface area (Å²) in [6.07, 6.45) is 1.09. The third-order valence-corrected chi connectivity index (χ3v) is 6.77. The van der Waals surface area contributed by atoms with Gasteiger partial charge >= 0.3 is 0 Å². The first-order valence-electron chi connectivity index (χ1n) is 11.4. The van der Waals surface area contributed by atoms with Crippen LogP contribution in [0.1, 0.15) is 62.0 Å².